The van der Waals surface area contributed by atoms with E-state index in [2.05, 4.69) is 27.8 Å². The summed E-state index contributed by atoms with van der Waals surface area (Å²) in [5, 5.41) is 2.76. The van der Waals surface area contributed by atoms with E-state index in [1.54, 1.807) is 43.3 Å². The average molecular weight is 598 g/mol. The fourth-order valence-electron chi connectivity index (χ4n) is 3.27. The van der Waals surface area contributed by atoms with Crippen molar-refractivity contribution >= 4 is 86.0 Å². The van der Waals surface area contributed by atoms with Gasteiger partial charge >= 0.3 is 5.97 Å². The Morgan fingerprint density at radius 2 is 2.03 bits per heavy atom. The highest BCUT2D eigenvalue weighted by molar-refractivity contribution is 9.10. The Balaban J connectivity index is 2.00. The maximum absolute atomic E-state index is 13.3. The molecule has 0 radical (unpaired) electrons. The third-order valence-electron chi connectivity index (χ3n) is 4.73. The van der Waals surface area contributed by atoms with Gasteiger partial charge in [0.05, 0.1) is 26.8 Å². The summed E-state index contributed by atoms with van der Waals surface area (Å²) in [5.74, 6) is -1.39. The monoisotopic (exact) mass is 596 g/mol. The number of esters is 1. The van der Waals surface area contributed by atoms with Gasteiger partial charge in [-0.25, -0.2) is 4.79 Å². The number of amides is 2. The van der Waals surface area contributed by atoms with Crippen molar-refractivity contribution in [3.63, 3.8) is 0 Å². The molecular formula is C24H19BrCl2N2O5S. The second-order valence-corrected chi connectivity index (χ2v) is 9.13. The molecule has 2 aromatic carbocycles. The molecule has 0 bridgehead atoms. The molecule has 1 aliphatic rings. The van der Waals surface area contributed by atoms with Crippen LogP contribution >= 0.6 is 51.3 Å². The highest BCUT2D eigenvalue weighted by Gasteiger charge is 2.35. The minimum Gasteiger partial charge on any atom is -0.480 e. The quantitative estimate of drug-likeness (QED) is 0.147. The summed E-state index contributed by atoms with van der Waals surface area (Å²) in [6.45, 7) is 5.42. The van der Waals surface area contributed by atoms with Crippen molar-refractivity contribution in [2.45, 2.75) is 13.3 Å². The molecule has 0 aromatic heterocycles. The van der Waals surface area contributed by atoms with Crippen molar-refractivity contribution in [3.05, 3.63) is 74.2 Å². The van der Waals surface area contributed by atoms with Crippen LogP contribution in [0.1, 0.15) is 18.1 Å². The molecule has 7 nitrogen and oxygen atoms in total. The SMILES string of the molecule is C=CCc1cc(/C=C2\C(=O)NC(=S)N(c3cccc(Cl)c3Cl)C2=O)cc(Br)c1OCC(=O)OCC. The Bertz CT molecular complexity index is 1260. The molecule has 2 amide bonds. The lowest BCUT2D eigenvalue weighted by Crippen LogP contribution is -2.54. The molecule has 3 rings (SSSR count). The Hall–Kier alpha value is -2.72. The Labute approximate surface area is 225 Å². The van der Waals surface area contributed by atoms with Crippen LogP contribution in [0, 0.1) is 0 Å². The third-order valence-corrected chi connectivity index (χ3v) is 6.41. The number of benzene rings is 2. The van der Waals surface area contributed by atoms with E-state index in [9.17, 15) is 14.4 Å². The molecule has 1 saturated heterocycles. The van der Waals surface area contributed by atoms with E-state index >= 15 is 0 Å². The van der Waals surface area contributed by atoms with E-state index in [1.807, 2.05) is 0 Å². The normalized spacial score (nSPS) is 14.7. The fraction of sp³-hybridized carbons (Fsp3) is 0.167. The minimum absolute atomic E-state index is 0.113. The van der Waals surface area contributed by atoms with Crippen LogP contribution in [0.25, 0.3) is 6.08 Å². The fourth-order valence-corrected chi connectivity index (χ4v) is 4.55. The van der Waals surface area contributed by atoms with Gasteiger partial charge in [-0.2, -0.15) is 0 Å². The lowest BCUT2D eigenvalue weighted by atomic mass is 10.0. The maximum Gasteiger partial charge on any atom is 0.344 e. The molecular weight excluding hydrogens is 579 g/mol. The molecule has 1 heterocycles. The van der Waals surface area contributed by atoms with Crippen molar-refractivity contribution in [2.24, 2.45) is 0 Å². The molecule has 1 N–H and O–H groups in total. The molecule has 0 saturated carbocycles. The van der Waals surface area contributed by atoms with E-state index in [0.717, 1.165) is 4.90 Å². The maximum atomic E-state index is 13.3. The first kappa shape index (κ1) is 26.9. The van der Waals surface area contributed by atoms with E-state index in [-0.39, 0.29) is 39.6 Å². The van der Waals surface area contributed by atoms with E-state index in [0.29, 0.717) is 27.8 Å². The van der Waals surface area contributed by atoms with Crippen molar-refractivity contribution in [2.75, 3.05) is 18.1 Å². The van der Waals surface area contributed by atoms with Gasteiger partial charge in [0.1, 0.15) is 11.3 Å². The number of ether oxygens (including phenoxy) is 2. The predicted molar refractivity (Wildman–Crippen MR) is 143 cm³/mol. The number of rotatable bonds is 8. The van der Waals surface area contributed by atoms with Crippen LogP contribution < -0.4 is 15.0 Å². The molecule has 182 valence electrons. The topological polar surface area (TPSA) is 84.9 Å². The Morgan fingerprint density at radius 3 is 2.71 bits per heavy atom. The van der Waals surface area contributed by atoms with Gasteiger partial charge < -0.3 is 9.47 Å². The van der Waals surface area contributed by atoms with Gasteiger partial charge in [0, 0.05) is 0 Å². The van der Waals surface area contributed by atoms with Gasteiger partial charge in [0.25, 0.3) is 11.8 Å². The number of nitrogens with zero attached hydrogens (tertiary/aromatic N) is 1. The summed E-state index contributed by atoms with van der Waals surface area (Å²) in [5.41, 5.74) is 1.29. The predicted octanol–water partition coefficient (Wildman–Crippen LogP) is 5.26. The van der Waals surface area contributed by atoms with Gasteiger partial charge in [0.15, 0.2) is 11.7 Å². The highest BCUT2D eigenvalue weighted by atomic mass is 79.9. The minimum atomic E-state index is -0.660. The number of allylic oxidation sites excluding steroid dienone is 1. The summed E-state index contributed by atoms with van der Waals surface area (Å²) in [6.07, 6.45) is 3.50. The molecule has 0 unspecified atom stereocenters. The van der Waals surface area contributed by atoms with E-state index in [1.165, 1.54) is 6.08 Å². The van der Waals surface area contributed by atoms with Gasteiger partial charge in [-0.15, -0.1) is 6.58 Å². The second-order valence-electron chi connectivity index (χ2n) is 7.11. The summed E-state index contributed by atoms with van der Waals surface area (Å²) < 4.78 is 11.1. The number of carbonyl (C=O) groups excluding carboxylic acids is 3. The number of hydrogen-bond donors (Lipinski definition) is 1. The van der Waals surface area contributed by atoms with Crippen LogP contribution in [-0.4, -0.2) is 36.1 Å². The summed E-state index contributed by atoms with van der Waals surface area (Å²) >= 11 is 21.0. The van der Waals surface area contributed by atoms with Crippen molar-refractivity contribution in [1.29, 1.82) is 0 Å². The van der Waals surface area contributed by atoms with Crippen LogP contribution in [0.2, 0.25) is 10.0 Å². The molecule has 0 spiro atoms. The smallest absolute Gasteiger partial charge is 0.344 e. The van der Waals surface area contributed by atoms with Crippen molar-refractivity contribution in [1.82, 2.24) is 5.32 Å². The molecule has 1 aliphatic heterocycles. The summed E-state index contributed by atoms with van der Waals surface area (Å²) in [4.78, 5) is 38.8. The molecule has 0 atom stereocenters. The lowest BCUT2D eigenvalue weighted by molar-refractivity contribution is -0.145. The number of nitrogens with one attached hydrogen (secondary N) is 1. The molecule has 11 heteroatoms. The largest absolute Gasteiger partial charge is 0.480 e. The number of hydrogen-bond acceptors (Lipinski definition) is 6. The summed E-state index contributed by atoms with van der Waals surface area (Å²) in [7, 11) is 0. The Morgan fingerprint density at radius 1 is 1.29 bits per heavy atom. The van der Waals surface area contributed by atoms with Crippen LogP contribution in [0.15, 0.2) is 53.0 Å². The lowest BCUT2D eigenvalue weighted by Gasteiger charge is -2.29. The van der Waals surface area contributed by atoms with Crippen LogP contribution in [0.3, 0.4) is 0 Å². The number of halogens is 3. The van der Waals surface area contributed by atoms with Gasteiger partial charge in [0.2, 0.25) is 0 Å². The number of anilines is 1. The first-order chi connectivity index (χ1) is 16.7. The molecule has 1 fully saturated rings. The average Bonchev–Trinajstić information content (AvgIpc) is 2.79. The van der Waals surface area contributed by atoms with Crippen LogP contribution in [0.5, 0.6) is 5.75 Å². The number of thiocarbonyl (C=S) groups is 1. The Kier molecular flexibility index (Phi) is 9.07. The second kappa shape index (κ2) is 11.8. The summed E-state index contributed by atoms with van der Waals surface area (Å²) in [6, 6.07) is 8.15. The van der Waals surface area contributed by atoms with Crippen molar-refractivity contribution in [3.8, 4) is 5.75 Å². The standard InChI is InChI=1S/C24H19BrCl2N2O5S/c1-3-6-14-9-13(11-16(25)21(14)34-12-19(30)33-4-2)10-15-22(31)28-24(35)29(23(15)32)18-8-5-7-17(26)20(18)27/h3,5,7-11H,1,4,6,12H2,2H3,(H,28,31,35)/b15-10+. The van der Waals surface area contributed by atoms with Gasteiger partial charge in [-0.3, -0.25) is 19.8 Å². The van der Waals surface area contributed by atoms with Crippen LogP contribution in [-0.2, 0) is 25.5 Å². The molecule has 35 heavy (non-hydrogen) atoms. The zero-order valence-corrected chi connectivity index (χ0v) is 22.3. The van der Waals surface area contributed by atoms with Gasteiger partial charge in [-0.1, -0.05) is 35.3 Å². The zero-order chi connectivity index (χ0) is 25.7. The molecule has 0 aliphatic carbocycles. The first-order valence-corrected chi connectivity index (χ1v) is 12.2. The van der Waals surface area contributed by atoms with Gasteiger partial charge in [-0.05, 0) is 83.0 Å². The van der Waals surface area contributed by atoms with Crippen LogP contribution in [0.4, 0.5) is 5.69 Å². The highest BCUT2D eigenvalue weighted by Crippen LogP contribution is 2.35. The van der Waals surface area contributed by atoms with Crippen molar-refractivity contribution < 1.29 is 23.9 Å². The third kappa shape index (κ3) is 6.10. The van der Waals surface area contributed by atoms with E-state index in [4.69, 9.17) is 44.9 Å². The number of carbonyl (C=O) groups is 3. The van der Waals surface area contributed by atoms with E-state index < -0.39 is 17.8 Å². The molecule has 2 aromatic rings. The zero-order valence-electron chi connectivity index (χ0n) is 18.4. The first-order valence-electron chi connectivity index (χ1n) is 10.2.